The average Bonchev–Trinajstić information content (AvgIpc) is 3.41. The minimum Gasteiger partial charge on any atom is -0.356 e. The van der Waals surface area contributed by atoms with Gasteiger partial charge in [0.05, 0.1) is 11.8 Å². The lowest BCUT2D eigenvalue weighted by atomic mass is 9.85. The summed E-state index contributed by atoms with van der Waals surface area (Å²) in [7, 11) is 1.72. The molecule has 2 heterocycles. The lowest BCUT2D eigenvalue weighted by Gasteiger charge is -2.18. The first kappa shape index (κ1) is 20.3. The van der Waals surface area contributed by atoms with Gasteiger partial charge in [0.2, 0.25) is 11.8 Å². The predicted octanol–water partition coefficient (Wildman–Crippen LogP) is 1.88. The topological polar surface area (TPSA) is 73.8 Å². The molecule has 2 fully saturated rings. The van der Waals surface area contributed by atoms with Crippen LogP contribution in [0, 0.1) is 23.7 Å². The van der Waals surface area contributed by atoms with Crippen LogP contribution in [0.4, 0.5) is 0 Å². The second-order valence-electron chi connectivity index (χ2n) is 7.14. The van der Waals surface area contributed by atoms with E-state index in [9.17, 15) is 9.59 Å². The maximum absolute atomic E-state index is 12.6. The summed E-state index contributed by atoms with van der Waals surface area (Å²) in [6, 6.07) is 2.12. The van der Waals surface area contributed by atoms with Crippen LogP contribution in [-0.4, -0.2) is 49.4 Å². The number of allylic oxidation sites excluding steroid dienone is 2. The molecule has 1 saturated heterocycles. The number of imide groups is 1. The molecule has 3 aliphatic rings. The van der Waals surface area contributed by atoms with Crippen molar-refractivity contribution in [2.45, 2.75) is 12.8 Å². The molecule has 1 aliphatic heterocycles. The van der Waals surface area contributed by atoms with Crippen molar-refractivity contribution in [3.05, 3.63) is 34.5 Å². The summed E-state index contributed by atoms with van der Waals surface area (Å²) in [6.07, 6.45) is 6.15. The fourth-order valence-electron chi connectivity index (χ4n) is 4.45. The largest absolute Gasteiger partial charge is 0.356 e. The van der Waals surface area contributed by atoms with Crippen molar-refractivity contribution in [2.24, 2.45) is 28.7 Å². The molecule has 1 aromatic heterocycles. The van der Waals surface area contributed by atoms with Crippen molar-refractivity contribution in [3.8, 4) is 0 Å². The number of rotatable bonds is 6. The van der Waals surface area contributed by atoms with E-state index in [2.05, 4.69) is 44.6 Å². The van der Waals surface area contributed by atoms with E-state index < -0.39 is 0 Å². The Bertz CT molecular complexity index is 719. The van der Waals surface area contributed by atoms with Crippen LogP contribution in [0.5, 0.6) is 0 Å². The number of amides is 2. The molecule has 2 amide bonds. The summed E-state index contributed by atoms with van der Waals surface area (Å²) in [4.78, 5) is 30.9. The average molecular weight is 500 g/mol. The number of nitrogens with one attached hydrogen (secondary N) is 2. The second-order valence-corrected chi connectivity index (χ2v) is 7.92. The number of guanidine groups is 1. The normalized spacial score (nSPS) is 28.5. The number of carbonyl (C=O) groups excluding carboxylic acids is 2. The Kier molecular flexibility index (Phi) is 6.56. The second kappa shape index (κ2) is 8.72. The summed E-state index contributed by atoms with van der Waals surface area (Å²) >= 11 is 1.70. The summed E-state index contributed by atoms with van der Waals surface area (Å²) in [5.41, 5.74) is 1.31. The van der Waals surface area contributed by atoms with Gasteiger partial charge in [0.15, 0.2) is 5.96 Å². The van der Waals surface area contributed by atoms with Gasteiger partial charge >= 0.3 is 0 Å². The number of hydrogen-bond acceptors (Lipinski definition) is 4. The maximum Gasteiger partial charge on any atom is 0.233 e. The molecule has 0 spiro atoms. The Morgan fingerprint density at radius 3 is 2.44 bits per heavy atom. The van der Waals surface area contributed by atoms with Gasteiger partial charge in [-0.15, -0.1) is 24.0 Å². The number of carbonyl (C=O) groups is 2. The highest BCUT2D eigenvalue weighted by Gasteiger charge is 2.58. The van der Waals surface area contributed by atoms with Gasteiger partial charge in [0.1, 0.15) is 0 Å². The van der Waals surface area contributed by atoms with Gasteiger partial charge in [-0.1, -0.05) is 12.2 Å². The van der Waals surface area contributed by atoms with E-state index in [1.807, 2.05) is 0 Å². The van der Waals surface area contributed by atoms with Crippen molar-refractivity contribution >= 4 is 53.1 Å². The zero-order valence-corrected chi connectivity index (χ0v) is 18.4. The third-order valence-electron chi connectivity index (χ3n) is 5.70. The molecule has 8 heteroatoms. The van der Waals surface area contributed by atoms with Gasteiger partial charge in [0, 0.05) is 26.7 Å². The van der Waals surface area contributed by atoms with Crippen LogP contribution >= 0.6 is 35.3 Å². The molecule has 4 rings (SSSR count). The predicted molar refractivity (Wildman–Crippen MR) is 117 cm³/mol. The number of aliphatic imine (C=N–C) groups is 1. The Hall–Kier alpha value is -1.42. The molecule has 1 saturated carbocycles. The van der Waals surface area contributed by atoms with E-state index in [0.717, 1.165) is 19.4 Å². The Balaban J connectivity index is 0.00000210. The summed E-state index contributed by atoms with van der Waals surface area (Å²) in [5, 5.41) is 10.7. The molecule has 27 heavy (non-hydrogen) atoms. The lowest BCUT2D eigenvalue weighted by Crippen LogP contribution is -2.44. The first-order valence-electron chi connectivity index (χ1n) is 9.18. The molecule has 2 aliphatic carbocycles. The highest BCUT2D eigenvalue weighted by Crippen LogP contribution is 2.52. The Labute approximate surface area is 180 Å². The number of nitrogens with zero attached hydrogens (tertiary/aromatic N) is 2. The molecule has 1 aromatic rings. The summed E-state index contributed by atoms with van der Waals surface area (Å²) in [5.74, 6) is 1.04. The van der Waals surface area contributed by atoms with Gasteiger partial charge < -0.3 is 10.6 Å². The van der Waals surface area contributed by atoms with E-state index in [4.69, 9.17) is 0 Å². The summed E-state index contributed by atoms with van der Waals surface area (Å²) in [6.45, 7) is 1.70. The summed E-state index contributed by atoms with van der Waals surface area (Å²) < 4.78 is 0. The van der Waals surface area contributed by atoms with Crippen LogP contribution in [0.15, 0.2) is 34.0 Å². The minimum absolute atomic E-state index is 0. The number of halogens is 1. The first-order valence-corrected chi connectivity index (χ1v) is 10.1. The zero-order chi connectivity index (χ0) is 18.1. The van der Waals surface area contributed by atoms with Crippen molar-refractivity contribution in [3.63, 3.8) is 0 Å². The molecule has 4 atom stereocenters. The number of likely N-dealkylation sites (tertiary alicyclic amines) is 1. The third-order valence-corrected chi connectivity index (χ3v) is 6.43. The van der Waals surface area contributed by atoms with E-state index in [0.29, 0.717) is 19.0 Å². The first-order chi connectivity index (χ1) is 12.7. The number of hydrogen-bond donors (Lipinski definition) is 2. The Morgan fingerprint density at radius 2 is 1.85 bits per heavy atom. The fraction of sp³-hybridized carbons (Fsp3) is 0.526. The van der Waals surface area contributed by atoms with Gasteiger partial charge in [-0.25, -0.2) is 0 Å². The zero-order valence-electron chi connectivity index (χ0n) is 15.3. The van der Waals surface area contributed by atoms with Crippen LogP contribution in [0.1, 0.15) is 12.0 Å². The number of thiophene rings is 1. The minimum atomic E-state index is -0.111. The molecule has 0 aromatic carbocycles. The van der Waals surface area contributed by atoms with E-state index in [1.54, 1.807) is 18.4 Å². The van der Waals surface area contributed by atoms with Gasteiger partial charge in [-0.05, 0) is 47.1 Å². The van der Waals surface area contributed by atoms with Crippen molar-refractivity contribution in [1.29, 1.82) is 0 Å². The molecular weight excluding hydrogens is 475 g/mol. The SMILES string of the molecule is CN=C(NCCc1ccsc1)NCCN1C(=O)C2C3C=CC(C3)C2C1=O.I. The van der Waals surface area contributed by atoms with Crippen molar-refractivity contribution in [2.75, 3.05) is 26.7 Å². The van der Waals surface area contributed by atoms with Crippen LogP contribution in [0.3, 0.4) is 0 Å². The van der Waals surface area contributed by atoms with Crippen molar-refractivity contribution < 1.29 is 9.59 Å². The van der Waals surface area contributed by atoms with Gasteiger partial charge in [0.25, 0.3) is 0 Å². The van der Waals surface area contributed by atoms with E-state index in [-0.39, 0.29) is 59.5 Å². The maximum atomic E-state index is 12.6. The molecule has 146 valence electrons. The van der Waals surface area contributed by atoms with Gasteiger partial charge in [-0.3, -0.25) is 19.5 Å². The lowest BCUT2D eigenvalue weighted by molar-refractivity contribution is -0.140. The van der Waals surface area contributed by atoms with Crippen LogP contribution < -0.4 is 10.6 Å². The molecule has 4 unspecified atom stereocenters. The highest BCUT2D eigenvalue weighted by atomic mass is 127. The van der Waals surface area contributed by atoms with E-state index in [1.165, 1.54) is 10.5 Å². The molecule has 2 bridgehead atoms. The highest BCUT2D eigenvalue weighted by molar-refractivity contribution is 14.0. The monoisotopic (exact) mass is 500 g/mol. The Morgan fingerprint density at radius 1 is 1.19 bits per heavy atom. The standard InChI is InChI=1S/C19H24N4O2S.HI/c1-20-19(21-6-4-12-5-9-26-11-12)22-7-8-23-17(24)15-13-2-3-14(10-13)16(15)18(23)25;/h2-3,5,9,11,13-16H,4,6-8,10H2,1H3,(H2,20,21,22);1H. The number of fused-ring (bicyclic) bond motifs is 5. The molecule has 6 nitrogen and oxygen atoms in total. The fourth-order valence-corrected chi connectivity index (χ4v) is 5.15. The van der Waals surface area contributed by atoms with E-state index >= 15 is 0 Å². The molecule has 0 radical (unpaired) electrons. The quantitative estimate of drug-likeness (QED) is 0.206. The smallest absolute Gasteiger partial charge is 0.233 e. The van der Waals surface area contributed by atoms with Gasteiger partial charge in [-0.2, -0.15) is 11.3 Å². The van der Waals surface area contributed by atoms with Crippen LogP contribution in [0.2, 0.25) is 0 Å². The van der Waals surface area contributed by atoms with Crippen LogP contribution in [0.25, 0.3) is 0 Å². The van der Waals surface area contributed by atoms with Crippen molar-refractivity contribution in [1.82, 2.24) is 15.5 Å². The van der Waals surface area contributed by atoms with Crippen LogP contribution in [-0.2, 0) is 16.0 Å². The molecular formula is C19H25IN4O2S. The molecule has 2 N–H and O–H groups in total. The third kappa shape index (κ3) is 3.91.